The SMILES string of the molecule is O=C(CCc1c[nH]c2ccccc12)NCc1ccc(OC(F)(F)F)cc1. The van der Waals surface area contributed by atoms with Crippen molar-refractivity contribution in [3.8, 4) is 5.75 Å². The lowest BCUT2D eigenvalue weighted by atomic mass is 10.1. The smallest absolute Gasteiger partial charge is 0.406 e. The van der Waals surface area contributed by atoms with E-state index in [9.17, 15) is 18.0 Å². The lowest BCUT2D eigenvalue weighted by molar-refractivity contribution is -0.274. The van der Waals surface area contributed by atoms with Crippen LogP contribution in [0.15, 0.2) is 54.7 Å². The largest absolute Gasteiger partial charge is 0.573 e. The van der Waals surface area contributed by atoms with Crippen LogP contribution in [-0.4, -0.2) is 17.3 Å². The molecule has 3 rings (SSSR count). The van der Waals surface area contributed by atoms with Gasteiger partial charge in [-0.1, -0.05) is 30.3 Å². The summed E-state index contributed by atoms with van der Waals surface area (Å²) in [6.45, 7) is 0.249. The fourth-order valence-corrected chi connectivity index (χ4v) is 2.68. The molecule has 0 unspecified atom stereocenters. The van der Waals surface area contributed by atoms with Crippen molar-refractivity contribution in [2.45, 2.75) is 25.7 Å². The first kappa shape index (κ1) is 17.8. The number of halogens is 3. The highest BCUT2D eigenvalue weighted by molar-refractivity contribution is 5.84. The molecule has 0 radical (unpaired) electrons. The number of fused-ring (bicyclic) bond motifs is 1. The van der Waals surface area contributed by atoms with Gasteiger partial charge >= 0.3 is 6.36 Å². The summed E-state index contributed by atoms with van der Waals surface area (Å²) in [5.74, 6) is -0.405. The number of carbonyl (C=O) groups is 1. The van der Waals surface area contributed by atoms with Crippen molar-refractivity contribution < 1.29 is 22.7 Å². The van der Waals surface area contributed by atoms with E-state index < -0.39 is 6.36 Å². The molecule has 7 heteroatoms. The van der Waals surface area contributed by atoms with Crippen molar-refractivity contribution in [2.75, 3.05) is 0 Å². The van der Waals surface area contributed by atoms with Crippen molar-refractivity contribution in [2.24, 2.45) is 0 Å². The summed E-state index contributed by atoms with van der Waals surface area (Å²) < 4.78 is 40.1. The van der Waals surface area contributed by atoms with Gasteiger partial charge in [0.25, 0.3) is 0 Å². The number of aromatic nitrogens is 1. The van der Waals surface area contributed by atoms with Crippen molar-refractivity contribution in [3.05, 3.63) is 65.9 Å². The molecule has 136 valence electrons. The Balaban J connectivity index is 1.48. The Labute approximate surface area is 148 Å². The normalized spacial score (nSPS) is 11.5. The zero-order valence-electron chi connectivity index (χ0n) is 13.8. The van der Waals surface area contributed by atoms with Crippen LogP contribution in [0.2, 0.25) is 0 Å². The van der Waals surface area contributed by atoms with Gasteiger partial charge in [-0.15, -0.1) is 13.2 Å². The highest BCUT2D eigenvalue weighted by Crippen LogP contribution is 2.23. The van der Waals surface area contributed by atoms with Crippen molar-refractivity contribution >= 4 is 16.8 Å². The lowest BCUT2D eigenvalue weighted by Gasteiger charge is -2.09. The van der Waals surface area contributed by atoms with E-state index in [1.54, 1.807) is 0 Å². The van der Waals surface area contributed by atoms with Gasteiger partial charge in [0, 0.05) is 30.1 Å². The van der Waals surface area contributed by atoms with Gasteiger partial charge in [-0.25, -0.2) is 0 Å². The maximum absolute atomic E-state index is 12.1. The van der Waals surface area contributed by atoms with Gasteiger partial charge in [0.05, 0.1) is 0 Å². The summed E-state index contributed by atoms with van der Waals surface area (Å²) >= 11 is 0. The molecule has 0 fully saturated rings. The third-order valence-corrected chi connectivity index (χ3v) is 3.94. The van der Waals surface area contributed by atoms with Crippen LogP contribution in [0.1, 0.15) is 17.5 Å². The quantitative estimate of drug-likeness (QED) is 0.686. The van der Waals surface area contributed by atoms with Gasteiger partial charge in [0.2, 0.25) is 5.91 Å². The average Bonchev–Trinajstić information content (AvgIpc) is 3.01. The van der Waals surface area contributed by atoms with Gasteiger partial charge in [0.1, 0.15) is 5.75 Å². The van der Waals surface area contributed by atoms with Crippen molar-refractivity contribution in [3.63, 3.8) is 0 Å². The number of nitrogens with one attached hydrogen (secondary N) is 2. The van der Waals surface area contributed by atoms with Crippen LogP contribution in [0, 0.1) is 0 Å². The third-order valence-electron chi connectivity index (χ3n) is 3.94. The third kappa shape index (κ3) is 4.78. The minimum Gasteiger partial charge on any atom is -0.406 e. The second-order valence-corrected chi connectivity index (χ2v) is 5.83. The highest BCUT2D eigenvalue weighted by Gasteiger charge is 2.30. The monoisotopic (exact) mass is 362 g/mol. The molecular formula is C19H17F3N2O2. The number of ether oxygens (including phenoxy) is 1. The summed E-state index contributed by atoms with van der Waals surface area (Å²) in [6.07, 6.45) is -1.87. The van der Waals surface area contributed by atoms with Crippen molar-refractivity contribution in [1.82, 2.24) is 10.3 Å². The Morgan fingerprint density at radius 2 is 1.81 bits per heavy atom. The molecule has 0 aliphatic rings. The maximum atomic E-state index is 12.1. The van der Waals surface area contributed by atoms with Crippen LogP contribution in [0.25, 0.3) is 10.9 Å². The molecule has 1 amide bonds. The first-order valence-corrected chi connectivity index (χ1v) is 8.07. The molecule has 0 bridgehead atoms. The van der Waals surface area contributed by atoms with E-state index in [-0.39, 0.29) is 18.2 Å². The van der Waals surface area contributed by atoms with E-state index in [0.29, 0.717) is 18.4 Å². The predicted octanol–water partition coefficient (Wildman–Crippen LogP) is 4.32. The van der Waals surface area contributed by atoms with E-state index >= 15 is 0 Å². The summed E-state index contributed by atoms with van der Waals surface area (Å²) in [5.41, 5.74) is 2.80. The number of benzene rings is 2. The van der Waals surface area contributed by atoms with E-state index in [2.05, 4.69) is 15.0 Å². The van der Waals surface area contributed by atoms with Gasteiger partial charge in [0.15, 0.2) is 0 Å². The van der Waals surface area contributed by atoms with Gasteiger partial charge in [-0.2, -0.15) is 0 Å². The molecule has 4 nitrogen and oxygen atoms in total. The molecule has 0 aliphatic carbocycles. The minimum absolute atomic E-state index is 0.120. The Hall–Kier alpha value is -2.96. The summed E-state index contributed by atoms with van der Waals surface area (Å²) in [6, 6.07) is 13.3. The number of para-hydroxylation sites is 1. The Morgan fingerprint density at radius 1 is 1.08 bits per heavy atom. The van der Waals surface area contributed by atoms with Crippen LogP contribution in [0.5, 0.6) is 5.75 Å². The van der Waals surface area contributed by atoms with Crippen molar-refractivity contribution in [1.29, 1.82) is 0 Å². The maximum Gasteiger partial charge on any atom is 0.573 e. The summed E-state index contributed by atoms with van der Waals surface area (Å²) in [4.78, 5) is 15.2. The zero-order valence-corrected chi connectivity index (χ0v) is 13.8. The lowest BCUT2D eigenvalue weighted by Crippen LogP contribution is -2.23. The number of hydrogen-bond donors (Lipinski definition) is 2. The molecule has 0 saturated heterocycles. The highest BCUT2D eigenvalue weighted by atomic mass is 19.4. The van der Waals surface area contributed by atoms with E-state index in [1.165, 1.54) is 24.3 Å². The van der Waals surface area contributed by atoms with Crippen LogP contribution < -0.4 is 10.1 Å². The molecule has 0 atom stereocenters. The first-order chi connectivity index (χ1) is 12.4. The van der Waals surface area contributed by atoms with Gasteiger partial charge in [-0.05, 0) is 35.7 Å². The molecule has 2 N–H and O–H groups in total. The number of aryl methyl sites for hydroxylation is 1. The number of alkyl halides is 3. The molecule has 1 heterocycles. The Kier molecular flexibility index (Phi) is 5.16. The van der Waals surface area contributed by atoms with Crippen LogP contribution in [0.4, 0.5) is 13.2 Å². The molecule has 0 spiro atoms. The number of aromatic amines is 1. The van der Waals surface area contributed by atoms with Gasteiger partial charge < -0.3 is 15.0 Å². The van der Waals surface area contributed by atoms with Gasteiger partial charge in [-0.3, -0.25) is 4.79 Å². The van der Waals surface area contributed by atoms with E-state index in [1.807, 2.05) is 30.5 Å². The zero-order chi connectivity index (χ0) is 18.6. The number of H-pyrrole nitrogens is 1. The summed E-state index contributed by atoms with van der Waals surface area (Å²) in [5, 5.41) is 3.86. The second-order valence-electron chi connectivity index (χ2n) is 5.83. The van der Waals surface area contributed by atoms with E-state index in [4.69, 9.17) is 0 Å². The van der Waals surface area contributed by atoms with E-state index in [0.717, 1.165) is 16.5 Å². The minimum atomic E-state index is -4.71. The molecule has 3 aromatic rings. The van der Waals surface area contributed by atoms with Crippen LogP contribution in [-0.2, 0) is 17.8 Å². The standard InChI is InChI=1S/C19H17F3N2O2/c20-19(21,22)26-15-8-5-13(6-9-15)11-24-18(25)10-7-14-12-23-17-4-2-1-3-16(14)17/h1-6,8-9,12,23H,7,10-11H2,(H,24,25). The fraction of sp³-hybridized carbons (Fsp3) is 0.211. The molecule has 26 heavy (non-hydrogen) atoms. The number of rotatable bonds is 6. The second kappa shape index (κ2) is 7.51. The molecule has 2 aromatic carbocycles. The molecule has 0 aliphatic heterocycles. The fourth-order valence-electron chi connectivity index (χ4n) is 2.68. The molecular weight excluding hydrogens is 345 g/mol. The number of carbonyl (C=O) groups excluding carboxylic acids is 1. The predicted molar refractivity (Wildman–Crippen MR) is 91.6 cm³/mol. The first-order valence-electron chi connectivity index (χ1n) is 8.07. The Bertz CT molecular complexity index is 886. The van der Waals surface area contributed by atoms with Crippen LogP contribution >= 0.6 is 0 Å². The number of amides is 1. The number of hydrogen-bond acceptors (Lipinski definition) is 2. The summed E-state index contributed by atoms with van der Waals surface area (Å²) in [7, 11) is 0. The topological polar surface area (TPSA) is 54.1 Å². The average molecular weight is 362 g/mol. The molecule has 0 saturated carbocycles. The van der Waals surface area contributed by atoms with Crippen LogP contribution in [0.3, 0.4) is 0 Å². The molecule has 1 aromatic heterocycles. The Morgan fingerprint density at radius 3 is 2.54 bits per heavy atom.